The summed E-state index contributed by atoms with van der Waals surface area (Å²) in [5, 5.41) is 9.37. The molecule has 1 aliphatic heterocycles. The highest BCUT2D eigenvalue weighted by molar-refractivity contribution is 5.84. The largest absolute Gasteiger partial charge is 0.353 e. The lowest BCUT2D eigenvalue weighted by Gasteiger charge is -2.30. The molecule has 164 valence electrons. The summed E-state index contributed by atoms with van der Waals surface area (Å²) in [5.74, 6) is 1.01. The van der Waals surface area contributed by atoms with E-state index >= 15 is 0 Å². The normalized spacial score (nSPS) is 15.8. The van der Waals surface area contributed by atoms with E-state index in [9.17, 15) is 10.1 Å². The van der Waals surface area contributed by atoms with Gasteiger partial charge in [-0.15, -0.1) is 0 Å². The molecule has 1 fully saturated rings. The number of amides is 1. The molecule has 32 heavy (non-hydrogen) atoms. The Labute approximate surface area is 189 Å². The molecule has 0 N–H and O–H groups in total. The molecule has 0 aliphatic carbocycles. The highest BCUT2D eigenvalue weighted by atomic mass is 16.2. The van der Waals surface area contributed by atoms with Gasteiger partial charge in [0.2, 0.25) is 5.91 Å². The van der Waals surface area contributed by atoms with Crippen LogP contribution in [0.4, 0.5) is 5.82 Å². The van der Waals surface area contributed by atoms with Crippen LogP contribution in [0.5, 0.6) is 0 Å². The van der Waals surface area contributed by atoms with Gasteiger partial charge in [-0.3, -0.25) is 4.79 Å². The van der Waals surface area contributed by atoms with Crippen LogP contribution < -0.4 is 4.90 Å². The van der Waals surface area contributed by atoms with Crippen LogP contribution in [-0.4, -0.2) is 46.5 Å². The number of aromatic nitrogens is 2. The van der Waals surface area contributed by atoms with Crippen LogP contribution in [0.15, 0.2) is 48.5 Å². The van der Waals surface area contributed by atoms with Gasteiger partial charge in [-0.1, -0.05) is 45.0 Å². The number of nitriles is 1. The number of rotatable bonds is 6. The van der Waals surface area contributed by atoms with Gasteiger partial charge >= 0.3 is 0 Å². The first-order valence-corrected chi connectivity index (χ1v) is 11.3. The van der Waals surface area contributed by atoms with Gasteiger partial charge in [-0.25, -0.2) is 9.97 Å². The molecule has 4 rings (SSSR count). The van der Waals surface area contributed by atoms with E-state index in [-0.39, 0.29) is 17.9 Å². The quantitative estimate of drug-likeness (QED) is 0.573. The van der Waals surface area contributed by atoms with Crippen molar-refractivity contribution >= 4 is 22.8 Å². The standard InChI is InChI=1S/C26H29N5O/c1-4-13-31(26(32)18(2)3)21-12-14-30(17-21)25-24(20-9-7-8-19(15-20)16-27)28-22-10-5-6-11-23(22)29-25/h5-11,15,18,21H,4,12-14,17H2,1-3H3/t21-/m0/s1. The Morgan fingerprint density at radius 1 is 1.19 bits per heavy atom. The van der Waals surface area contributed by atoms with Crippen molar-refractivity contribution in [3.8, 4) is 17.3 Å². The number of anilines is 1. The summed E-state index contributed by atoms with van der Waals surface area (Å²) in [7, 11) is 0. The van der Waals surface area contributed by atoms with Crippen molar-refractivity contribution in [2.75, 3.05) is 24.5 Å². The molecule has 0 spiro atoms. The number of para-hydroxylation sites is 2. The zero-order valence-electron chi connectivity index (χ0n) is 19.0. The zero-order valence-corrected chi connectivity index (χ0v) is 19.0. The molecule has 6 heteroatoms. The number of hydrogen-bond donors (Lipinski definition) is 0. The monoisotopic (exact) mass is 427 g/mol. The van der Waals surface area contributed by atoms with E-state index < -0.39 is 0 Å². The fraction of sp³-hybridized carbons (Fsp3) is 0.385. The van der Waals surface area contributed by atoms with Crippen LogP contribution in [0.2, 0.25) is 0 Å². The van der Waals surface area contributed by atoms with E-state index in [1.165, 1.54) is 0 Å². The summed E-state index contributed by atoms with van der Waals surface area (Å²) in [6.45, 7) is 8.36. The van der Waals surface area contributed by atoms with E-state index in [0.717, 1.165) is 60.6 Å². The smallest absolute Gasteiger partial charge is 0.225 e. The molecule has 1 aromatic heterocycles. The Morgan fingerprint density at radius 2 is 1.94 bits per heavy atom. The molecule has 2 aromatic carbocycles. The summed E-state index contributed by atoms with van der Waals surface area (Å²) in [6.07, 6.45) is 1.85. The molecule has 0 unspecified atom stereocenters. The van der Waals surface area contributed by atoms with E-state index in [4.69, 9.17) is 9.97 Å². The van der Waals surface area contributed by atoms with Crippen molar-refractivity contribution in [3.63, 3.8) is 0 Å². The minimum absolute atomic E-state index is 0.0136. The SMILES string of the molecule is CCCN(C(=O)C(C)C)[C@H]1CCN(c2nc3ccccc3nc2-c2cccc(C#N)c2)C1. The fourth-order valence-corrected chi connectivity index (χ4v) is 4.37. The van der Waals surface area contributed by atoms with Crippen molar-refractivity contribution in [3.05, 3.63) is 54.1 Å². The third-order valence-corrected chi connectivity index (χ3v) is 5.96. The van der Waals surface area contributed by atoms with Crippen molar-refractivity contribution in [2.24, 2.45) is 5.92 Å². The maximum absolute atomic E-state index is 12.8. The first-order valence-electron chi connectivity index (χ1n) is 11.3. The molecule has 0 bridgehead atoms. The Morgan fingerprint density at radius 3 is 2.62 bits per heavy atom. The molecule has 1 atom stereocenters. The summed E-state index contributed by atoms with van der Waals surface area (Å²) < 4.78 is 0. The number of nitrogens with zero attached hydrogens (tertiary/aromatic N) is 5. The molecule has 0 saturated carbocycles. The summed E-state index contributed by atoms with van der Waals surface area (Å²) in [4.78, 5) is 27.1. The Hall–Kier alpha value is -3.46. The van der Waals surface area contributed by atoms with Gasteiger partial charge in [0, 0.05) is 31.1 Å². The first-order chi connectivity index (χ1) is 15.5. The molecule has 6 nitrogen and oxygen atoms in total. The number of carbonyl (C=O) groups excluding carboxylic acids is 1. The summed E-state index contributed by atoms with van der Waals surface area (Å²) in [5.41, 5.74) is 3.92. The van der Waals surface area contributed by atoms with Crippen LogP contribution in [0, 0.1) is 17.2 Å². The molecule has 0 radical (unpaired) electrons. The molecule has 1 amide bonds. The zero-order chi connectivity index (χ0) is 22.7. The minimum atomic E-state index is -0.0136. The van der Waals surface area contributed by atoms with Crippen LogP contribution in [-0.2, 0) is 4.79 Å². The molecule has 1 aliphatic rings. The van der Waals surface area contributed by atoms with Crippen molar-refractivity contribution < 1.29 is 4.79 Å². The Kier molecular flexibility index (Phi) is 6.36. The lowest BCUT2D eigenvalue weighted by Crippen LogP contribution is -2.44. The van der Waals surface area contributed by atoms with Gasteiger partial charge in [0.1, 0.15) is 5.69 Å². The second kappa shape index (κ2) is 9.35. The van der Waals surface area contributed by atoms with Crippen LogP contribution >= 0.6 is 0 Å². The van der Waals surface area contributed by atoms with Crippen LogP contribution in [0.1, 0.15) is 39.2 Å². The van der Waals surface area contributed by atoms with E-state index in [1.807, 2.05) is 56.3 Å². The molecule has 1 saturated heterocycles. The number of benzene rings is 2. The van der Waals surface area contributed by atoms with Gasteiger partial charge < -0.3 is 9.80 Å². The third kappa shape index (κ3) is 4.29. The number of carbonyl (C=O) groups is 1. The third-order valence-electron chi connectivity index (χ3n) is 5.96. The fourth-order valence-electron chi connectivity index (χ4n) is 4.37. The van der Waals surface area contributed by atoms with E-state index in [0.29, 0.717) is 5.56 Å². The van der Waals surface area contributed by atoms with Crippen molar-refractivity contribution in [1.29, 1.82) is 5.26 Å². The predicted octanol–water partition coefficient (Wildman–Crippen LogP) is 4.64. The average molecular weight is 428 g/mol. The van der Waals surface area contributed by atoms with Crippen LogP contribution in [0.3, 0.4) is 0 Å². The number of hydrogen-bond acceptors (Lipinski definition) is 5. The van der Waals surface area contributed by atoms with E-state index in [1.54, 1.807) is 6.07 Å². The lowest BCUT2D eigenvalue weighted by atomic mass is 10.1. The highest BCUT2D eigenvalue weighted by Gasteiger charge is 2.33. The van der Waals surface area contributed by atoms with Gasteiger partial charge in [-0.2, -0.15) is 5.26 Å². The Bertz CT molecular complexity index is 1170. The highest BCUT2D eigenvalue weighted by Crippen LogP contribution is 2.33. The predicted molar refractivity (Wildman–Crippen MR) is 127 cm³/mol. The summed E-state index contributed by atoms with van der Waals surface area (Å²) >= 11 is 0. The van der Waals surface area contributed by atoms with Gasteiger partial charge in [0.25, 0.3) is 0 Å². The van der Waals surface area contributed by atoms with Crippen molar-refractivity contribution in [1.82, 2.24) is 14.9 Å². The van der Waals surface area contributed by atoms with Crippen molar-refractivity contribution in [2.45, 2.75) is 39.7 Å². The van der Waals surface area contributed by atoms with Gasteiger partial charge in [0.15, 0.2) is 5.82 Å². The second-order valence-corrected chi connectivity index (χ2v) is 8.65. The topological polar surface area (TPSA) is 73.1 Å². The molecular formula is C26H29N5O. The molecule has 3 aromatic rings. The van der Waals surface area contributed by atoms with Gasteiger partial charge in [0.05, 0.1) is 28.7 Å². The molecule has 2 heterocycles. The maximum atomic E-state index is 12.8. The minimum Gasteiger partial charge on any atom is -0.353 e. The summed E-state index contributed by atoms with van der Waals surface area (Å²) in [6, 6.07) is 17.7. The Balaban J connectivity index is 1.73. The maximum Gasteiger partial charge on any atom is 0.225 e. The van der Waals surface area contributed by atoms with E-state index in [2.05, 4.69) is 22.8 Å². The second-order valence-electron chi connectivity index (χ2n) is 8.65. The number of fused-ring (bicyclic) bond motifs is 1. The molecular weight excluding hydrogens is 398 g/mol. The lowest BCUT2D eigenvalue weighted by molar-refractivity contribution is -0.136. The first kappa shape index (κ1) is 21.8. The average Bonchev–Trinajstić information content (AvgIpc) is 3.31. The van der Waals surface area contributed by atoms with Gasteiger partial charge in [-0.05, 0) is 37.1 Å². The van der Waals surface area contributed by atoms with Crippen LogP contribution in [0.25, 0.3) is 22.3 Å².